The summed E-state index contributed by atoms with van der Waals surface area (Å²) < 4.78 is 11.1. The molecule has 1 heterocycles. The minimum atomic E-state index is -0.453. The summed E-state index contributed by atoms with van der Waals surface area (Å²) in [6.07, 6.45) is 0. The maximum Gasteiger partial charge on any atom is 0.262 e. The first-order chi connectivity index (χ1) is 14.9. The van der Waals surface area contributed by atoms with Crippen LogP contribution in [0.3, 0.4) is 0 Å². The molecule has 0 saturated carbocycles. The van der Waals surface area contributed by atoms with E-state index in [0.717, 1.165) is 0 Å². The molecule has 156 valence electrons. The minimum Gasteiger partial charge on any atom is -0.482 e. The summed E-state index contributed by atoms with van der Waals surface area (Å²) in [5, 5.41) is 5.72. The first-order valence-corrected chi connectivity index (χ1v) is 9.80. The van der Waals surface area contributed by atoms with E-state index in [9.17, 15) is 14.4 Å². The van der Waals surface area contributed by atoms with Gasteiger partial charge in [-0.2, -0.15) is 0 Å². The molecule has 4 rings (SSSR count). The van der Waals surface area contributed by atoms with Crippen LogP contribution in [-0.2, 0) is 4.79 Å². The summed E-state index contributed by atoms with van der Waals surface area (Å²) in [5.41, 5.74) is 1.13. The lowest BCUT2D eigenvalue weighted by molar-refractivity contribution is -0.118. The van der Waals surface area contributed by atoms with Crippen LogP contribution in [-0.4, -0.2) is 24.3 Å². The summed E-state index contributed by atoms with van der Waals surface area (Å²) in [5.74, 6) is 0.0174. The number of hydrogen-bond acceptors (Lipinski definition) is 5. The fourth-order valence-corrected chi connectivity index (χ4v) is 3.35. The van der Waals surface area contributed by atoms with E-state index >= 15 is 0 Å². The molecule has 31 heavy (non-hydrogen) atoms. The number of ether oxygens (including phenoxy) is 2. The van der Waals surface area contributed by atoms with Crippen molar-refractivity contribution in [3.63, 3.8) is 0 Å². The van der Waals surface area contributed by atoms with Gasteiger partial charge in [0.15, 0.2) is 6.61 Å². The van der Waals surface area contributed by atoms with Crippen molar-refractivity contribution >= 4 is 46.6 Å². The van der Waals surface area contributed by atoms with E-state index in [2.05, 4.69) is 10.6 Å². The molecular formula is C22H14Cl2N2O5. The highest BCUT2D eigenvalue weighted by Crippen LogP contribution is 2.28. The molecule has 0 unspecified atom stereocenters. The van der Waals surface area contributed by atoms with Crippen LogP contribution in [0, 0.1) is 0 Å². The van der Waals surface area contributed by atoms with Crippen LogP contribution in [0.25, 0.3) is 0 Å². The zero-order valence-corrected chi connectivity index (χ0v) is 17.3. The van der Waals surface area contributed by atoms with Gasteiger partial charge in [-0.05, 0) is 60.7 Å². The number of amides is 3. The fourth-order valence-electron chi connectivity index (χ4n) is 2.89. The van der Waals surface area contributed by atoms with Crippen LogP contribution in [0.5, 0.6) is 17.2 Å². The molecular weight excluding hydrogens is 443 g/mol. The van der Waals surface area contributed by atoms with Crippen LogP contribution in [0.4, 0.5) is 5.69 Å². The molecule has 0 atom stereocenters. The number of anilines is 1. The minimum absolute atomic E-state index is 0.227. The van der Waals surface area contributed by atoms with Crippen molar-refractivity contribution in [3.8, 4) is 17.2 Å². The standard InChI is InChI=1S/C22H14Cl2N2O5/c23-12-1-8-19(18(24)9-12)30-11-20(27)25-13-2-4-14(5-3-13)31-15-6-7-16-17(10-15)22(29)26-21(16)28/h1-10H,11H2,(H,25,27)(H,26,28,29). The van der Waals surface area contributed by atoms with Crippen LogP contribution < -0.4 is 20.1 Å². The predicted octanol–water partition coefficient (Wildman–Crippen LogP) is 4.69. The highest BCUT2D eigenvalue weighted by atomic mass is 35.5. The molecule has 0 aliphatic carbocycles. The Morgan fingerprint density at radius 1 is 0.871 bits per heavy atom. The van der Waals surface area contributed by atoms with Crippen molar-refractivity contribution in [2.24, 2.45) is 0 Å². The van der Waals surface area contributed by atoms with Gasteiger partial charge in [0.1, 0.15) is 17.2 Å². The highest BCUT2D eigenvalue weighted by molar-refractivity contribution is 6.35. The molecule has 3 aromatic carbocycles. The first-order valence-electron chi connectivity index (χ1n) is 9.04. The van der Waals surface area contributed by atoms with E-state index in [1.807, 2.05) is 0 Å². The van der Waals surface area contributed by atoms with Crippen LogP contribution in [0.15, 0.2) is 60.7 Å². The number of carbonyl (C=O) groups is 3. The summed E-state index contributed by atoms with van der Waals surface area (Å²) >= 11 is 11.8. The Morgan fingerprint density at radius 3 is 2.32 bits per heavy atom. The smallest absolute Gasteiger partial charge is 0.262 e. The lowest BCUT2D eigenvalue weighted by atomic mass is 10.1. The second-order valence-corrected chi connectivity index (χ2v) is 7.37. The zero-order chi connectivity index (χ0) is 22.0. The average Bonchev–Trinajstić information content (AvgIpc) is 3.02. The van der Waals surface area contributed by atoms with Crippen LogP contribution in [0.1, 0.15) is 20.7 Å². The van der Waals surface area contributed by atoms with Gasteiger partial charge in [0.2, 0.25) is 0 Å². The maximum atomic E-state index is 12.1. The second kappa shape index (κ2) is 8.67. The van der Waals surface area contributed by atoms with Crippen molar-refractivity contribution in [2.45, 2.75) is 0 Å². The SMILES string of the molecule is O=C(COc1ccc(Cl)cc1Cl)Nc1ccc(Oc2ccc3c(c2)C(=O)NC3=O)cc1. The third kappa shape index (κ3) is 4.79. The largest absolute Gasteiger partial charge is 0.482 e. The van der Waals surface area contributed by atoms with Crippen molar-refractivity contribution < 1.29 is 23.9 Å². The molecule has 0 saturated heterocycles. The lowest BCUT2D eigenvalue weighted by Crippen LogP contribution is -2.20. The second-order valence-electron chi connectivity index (χ2n) is 6.53. The molecule has 0 radical (unpaired) electrons. The lowest BCUT2D eigenvalue weighted by Gasteiger charge is -2.10. The van der Waals surface area contributed by atoms with Crippen molar-refractivity contribution in [1.29, 1.82) is 0 Å². The molecule has 0 aromatic heterocycles. The monoisotopic (exact) mass is 456 g/mol. The summed E-state index contributed by atoms with van der Waals surface area (Å²) in [6.45, 7) is -0.227. The Bertz CT molecular complexity index is 1200. The maximum absolute atomic E-state index is 12.1. The van der Waals surface area contributed by atoms with Crippen molar-refractivity contribution in [1.82, 2.24) is 5.32 Å². The molecule has 1 aliphatic heterocycles. The number of imide groups is 1. The van der Waals surface area contributed by atoms with E-state index in [0.29, 0.717) is 38.5 Å². The zero-order valence-electron chi connectivity index (χ0n) is 15.8. The van der Waals surface area contributed by atoms with E-state index in [1.165, 1.54) is 18.2 Å². The predicted molar refractivity (Wildman–Crippen MR) is 115 cm³/mol. The molecule has 2 N–H and O–H groups in total. The van der Waals surface area contributed by atoms with Gasteiger partial charge in [-0.3, -0.25) is 19.7 Å². The van der Waals surface area contributed by atoms with E-state index < -0.39 is 11.8 Å². The first kappa shape index (κ1) is 20.7. The van der Waals surface area contributed by atoms with Crippen molar-refractivity contribution in [3.05, 3.63) is 81.8 Å². The van der Waals surface area contributed by atoms with Gasteiger partial charge < -0.3 is 14.8 Å². The quantitative estimate of drug-likeness (QED) is 0.524. The molecule has 0 bridgehead atoms. The third-order valence-electron chi connectivity index (χ3n) is 4.33. The topological polar surface area (TPSA) is 93.7 Å². The van der Waals surface area contributed by atoms with Crippen molar-refractivity contribution in [2.75, 3.05) is 11.9 Å². The number of rotatable bonds is 6. The van der Waals surface area contributed by atoms with Gasteiger partial charge in [-0.25, -0.2) is 0 Å². The number of carbonyl (C=O) groups excluding carboxylic acids is 3. The van der Waals surface area contributed by atoms with Crippen LogP contribution in [0.2, 0.25) is 10.0 Å². The number of halogens is 2. The molecule has 1 aliphatic rings. The molecule has 0 spiro atoms. The molecule has 3 amide bonds. The van der Waals surface area contributed by atoms with Crippen LogP contribution >= 0.6 is 23.2 Å². The van der Waals surface area contributed by atoms with Gasteiger partial charge in [0.05, 0.1) is 16.1 Å². The van der Waals surface area contributed by atoms with E-state index in [1.54, 1.807) is 42.5 Å². The van der Waals surface area contributed by atoms with E-state index in [-0.39, 0.29) is 18.1 Å². The summed E-state index contributed by atoms with van der Waals surface area (Å²) in [4.78, 5) is 35.5. The third-order valence-corrected chi connectivity index (χ3v) is 4.86. The molecule has 9 heteroatoms. The molecule has 3 aromatic rings. The summed E-state index contributed by atoms with van der Waals surface area (Å²) in [6, 6.07) is 16.0. The Labute approximate surface area is 186 Å². The van der Waals surface area contributed by atoms with Gasteiger partial charge >= 0.3 is 0 Å². The number of nitrogens with one attached hydrogen (secondary N) is 2. The van der Waals surface area contributed by atoms with Gasteiger partial charge in [-0.1, -0.05) is 23.2 Å². The highest BCUT2D eigenvalue weighted by Gasteiger charge is 2.26. The Balaban J connectivity index is 1.34. The number of fused-ring (bicyclic) bond motifs is 1. The Morgan fingerprint density at radius 2 is 1.58 bits per heavy atom. The van der Waals surface area contributed by atoms with E-state index in [4.69, 9.17) is 32.7 Å². The average molecular weight is 457 g/mol. The Hall–Kier alpha value is -3.55. The van der Waals surface area contributed by atoms with Gasteiger partial charge in [0, 0.05) is 10.7 Å². The molecule has 0 fully saturated rings. The normalized spacial score (nSPS) is 12.2. The summed E-state index contributed by atoms with van der Waals surface area (Å²) in [7, 11) is 0. The number of benzene rings is 3. The fraction of sp³-hybridized carbons (Fsp3) is 0.0455. The molecule has 7 nitrogen and oxygen atoms in total. The Kier molecular flexibility index (Phi) is 5.79. The number of hydrogen-bond donors (Lipinski definition) is 2. The van der Waals surface area contributed by atoms with Gasteiger partial charge in [-0.15, -0.1) is 0 Å². The van der Waals surface area contributed by atoms with Gasteiger partial charge in [0.25, 0.3) is 17.7 Å².